The third-order valence-corrected chi connectivity index (χ3v) is 2.20. The fourth-order valence-electron chi connectivity index (χ4n) is 1.34. The molecule has 0 aliphatic heterocycles. The molecule has 0 bridgehead atoms. The number of benzene rings is 1. The standard InChI is InChI=1S/C11H11FN4/c12-9-3-1-2-7(4-9)11-15-6-8(5-13)10(14)16-11/h1-4,6H,5,13H2,(H2,14,15,16). The zero-order valence-electron chi connectivity index (χ0n) is 8.52. The highest BCUT2D eigenvalue weighted by Crippen LogP contribution is 2.18. The predicted molar refractivity (Wildman–Crippen MR) is 59.7 cm³/mol. The van der Waals surface area contributed by atoms with Gasteiger partial charge in [0.2, 0.25) is 0 Å². The van der Waals surface area contributed by atoms with E-state index in [4.69, 9.17) is 11.5 Å². The lowest BCUT2D eigenvalue weighted by atomic mass is 10.2. The van der Waals surface area contributed by atoms with Crippen LogP contribution in [0, 0.1) is 5.82 Å². The Morgan fingerprint density at radius 2 is 2.12 bits per heavy atom. The van der Waals surface area contributed by atoms with Crippen molar-refractivity contribution in [3.63, 3.8) is 0 Å². The topological polar surface area (TPSA) is 77.8 Å². The molecule has 0 aliphatic rings. The number of hydrogen-bond acceptors (Lipinski definition) is 4. The summed E-state index contributed by atoms with van der Waals surface area (Å²) in [6.07, 6.45) is 1.56. The Morgan fingerprint density at radius 1 is 1.31 bits per heavy atom. The normalized spacial score (nSPS) is 10.4. The maximum atomic E-state index is 13.0. The number of rotatable bonds is 2. The van der Waals surface area contributed by atoms with Crippen molar-refractivity contribution >= 4 is 5.82 Å². The van der Waals surface area contributed by atoms with Crippen LogP contribution in [-0.2, 0) is 6.54 Å². The average Bonchev–Trinajstić information content (AvgIpc) is 2.29. The van der Waals surface area contributed by atoms with E-state index >= 15 is 0 Å². The van der Waals surface area contributed by atoms with Gasteiger partial charge >= 0.3 is 0 Å². The Hall–Kier alpha value is -2.01. The van der Waals surface area contributed by atoms with Crippen molar-refractivity contribution in [1.82, 2.24) is 9.97 Å². The minimum atomic E-state index is -0.331. The third-order valence-electron chi connectivity index (χ3n) is 2.20. The lowest BCUT2D eigenvalue weighted by Crippen LogP contribution is -2.05. The number of hydrogen-bond donors (Lipinski definition) is 2. The minimum absolute atomic E-state index is 0.287. The van der Waals surface area contributed by atoms with Gasteiger partial charge in [-0.05, 0) is 12.1 Å². The quantitative estimate of drug-likeness (QED) is 0.797. The van der Waals surface area contributed by atoms with Crippen LogP contribution in [0.5, 0.6) is 0 Å². The van der Waals surface area contributed by atoms with Crippen LogP contribution in [0.15, 0.2) is 30.5 Å². The molecule has 0 saturated carbocycles. The van der Waals surface area contributed by atoms with Crippen molar-refractivity contribution in [2.24, 2.45) is 5.73 Å². The van der Waals surface area contributed by atoms with Gasteiger partial charge in [-0.3, -0.25) is 0 Å². The Balaban J connectivity index is 2.45. The molecule has 0 atom stereocenters. The number of halogens is 1. The first kappa shape index (κ1) is 10.5. The highest BCUT2D eigenvalue weighted by Gasteiger charge is 2.05. The van der Waals surface area contributed by atoms with E-state index in [-0.39, 0.29) is 12.4 Å². The van der Waals surface area contributed by atoms with E-state index in [0.29, 0.717) is 22.8 Å². The van der Waals surface area contributed by atoms with E-state index < -0.39 is 0 Å². The van der Waals surface area contributed by atoms with Gasteiger partial charge in [-0.25, -0.2) is 14.4 Å². The molecule has 0 amide bonds. The highest BCUT2D eigenvalue weighted by atomic mass is 19.1. The van der Waals surface area contributed by atoms with Gasteiger partial charge in [-0.1, -0.05) is 12.1 Å². The number of nitrogens with zero attached hydrogens (tertiary/aromatic N) is 2. The van der Waals surface area contributed by atoms with E-state index in [2.05, 4.69) is 9.97 Å². The van der Waals surface area contributed by atoms with E-state index in [9.17, 15) is 4.39 Å². The molecule has 16 heavy (non-hydrogen) atoms. The summed E-state index contributed by atoms with van der Waals surface area (Å²) in [6, 6.07) is 6.04. The van der Waals surface area contributed by atoms with Crippen LogP contribution in [0.2, 0.25) is 0 Å². The fraction of sp³-hybridized carbons (Fsp3) is 0.0909. The molecule has 82 valence electrons. The minimum Gasteiger partial charge on any atom is -0.383 e. The van der Waals surface area contributed by atoms with Crippen LogP contribution in [0.25, 0.3) is 11.4 Å². The summed E-state index contributed by atoms with van der Waals surface area (Å²) in [6.45, 7) is 0.287. The molecule has 1 heterocycles. The summed E-state index contributed by atoms with van der Waals surface area (Å²) in [4.78, 5) is 8.16. The van der Waals surface area contributed by atoms with E-state index in [1.165, 1.54) is 12.1 Å². The number of anilines is 1. The summed E-state index contributed by atoms with van der Waals surface area (Å²) in [7, 11) is 0. The Kier molecular flexibility index (Phi) is 2.78. The van der Waals surface area contributed by atoms with Crippen LogP contribution < -0.4 is 11.5 Å². The van der Waals surface area contributed by atoms with Crippen molar-refractivity contribution in [2.75, 3.05) is 5.73 Å². The molecule has 2 aromatic rings. The lowest BCUT2D eigenvalue weighted by Gasteiger charge is -2.04. The van der Waals surface area contributed by atoms with Crippen LogP contribution in [-0.4, -0.2) is 9.97 Å². The van der Waals surface area contributed by atoms with Crippen molar-refractivity contribution in [3.8, 4) is 11.4 Å². The van der Waals surface area contributed by atoms with Crippen LogP contribution in [0.3, 0.4) is 0 Å². The largest absolute Gasteiger partial charge is 0.383 e. The number of aromatic nitrogens is 2. The molecule has 4 N–H and O–H groups in total. The Morgan fingerprint density at radius 3 is 2.75 bits per heavy atom. The summed E-state index contributed by atoms with van der Waals surface area (Å²) in [5, 5.41) is 0. The van der Waals surface area contributed by atoms with E-state index in [1.54, 1.807) is 18.3 Å². The second-order valence-electron chi connectivity index (χ2n) is 3.32. The second kappa shape index (κ2) is 4.24. The molecule has 0 saturated heterocycles. The second-order valence-corrected chi connectivity index (χ2v) is 3.32. The van der Waals surface area contributed by atoms with Crippen LogP contribution >= 0.6 is 0 Å². The number of nitrogen functional groups attached to an aromatic ring is 1. The SMILES string of the molecule is NCc1cnc(-c2cccc(F)c2)nc1N. The van der Waals surface area contributed by atoms with Gasteiger partial charge in [0.05, 0.1) is 0 Å². The molecule has 0 radical (unpaired) electrons. The van der Waals surface area contributed by atoms with E-state index in [1.807, 2.05) is 0 Å². The van der Waals surface area contributed by atoms with Gasteiger partial charge in [0.15, 0.2) is 5.82 Å². The highest BCUT2D eigenvalue weighted by molar-refractivity contribution is 5.57. The maximum Gasteiger partial charge on any atom is 0.161 e. The fourth-order valence-corrected chi connectivity index (χ4v) is 1.34. The maximum absolute atomic E-state index is 13.0. The smallest absolute Gasteiger partial charge is 0.161 e. The molecule has 1 aromatic carbocycles. The van der Waals surface area contributed by atoms with Crippen LogP contribution in [0.1, 0.15) is 5.56 Å². The zero-order valence-corrected chi connectivity index (χ0v) is 8.52. The average molecular weight is 218 g/mol. The van der Waals surface area contributed by atoms with Gasteiger partial charge < -0.3 is 11.5 Å². The van der Waals surface area contributed by atoms with Crippen molar-refractivity contribution in [2.45, 2.75) is 6.54 Å². The van der Waals surface area contributed by atoms with Crippen LogP contribution in [0.4, 0.5) is 10.2 Å². The molecule has 0 spiro atoms. The first-order chi connectivity index (χ1) is 7.70. The van der Waals surface area contributed by atoms with Gasteiger partial charge in [0, 0.05) is 23.9 Å². The molecule has 0 aliphatic carbocycles. The zero-order chi connectivity index (χ0) is 11.5. The first-order valence-corrected chi connectivity index (χ1v) is 4.78. The molecule has 4 nitrogen and oxygen atoms in total. The van der Waals surface area contributed by atoms with Gasteiger partial charge in [-0.2, -0.15) is 0 Å². The summed E-state index contributed by atoms with van der Waals surface area (Å²) in [5.41, 5.74) is 12.4. The first-order valence-electron chi connectivity index (χ1n) is 4.78. The Bertz CT molecular complexity index is 513. The molecule has 0 fully saturated rings. The number of nitrogens with two attached hydrogens (primary N) is 2. The molecular weight excluding hydrogens is 207 g/mol. The molecule has 1 aromatic heterocycles. The molecule has 2 rings (SSSR count). The molecule has 0 unspecified atom stereocenters. The summed E-state index contributed by atoms with van der Waals surface area (Å²) < 4.78 is 13.0. The van der Waals surface area contributed by atoms with Crippen molar-refractivity contribution in [1.29, 1.82) is 0 Å². The molecule has 5 heteroatoms. The Labute approximate surface area is 92.1 Å². The molecular formula is C11H11FN4. The van der Waals surface area contributed by atoms with E-state index in [0.717, 1.165) is 0 Å². The van der Waals surface area contributed by atoms with Gasteiger partial charge in [0.25, 0.3) is 0 Å². The third kappa shape index (κ3) is 1.99. The van der Waals surface area contributed by atoms with Gasteiger partial charge in [0.1, 0.15) is 11.6 Å². The van der Waals surface area contributed by atoms with Crippen molar-refractivity contribution in [3.05, 3.63) is 41.8 Å². The van der Waals surface area contributed by atoms with Gasteiger partial charge in [-0.15, -0.1) is 0 Å². The predicted octanol–water partition coefficient (Wildman–Crippen LogP) is 1.32. The monoisotopic (exact) mass is 218 g/mol. The van der Waals surface area contributed by atoms with Crippen molar-refractivity contribution < 1.29 is 4.39 Å². The lowest BCUT2D eigenvalue weighted by molar-refractivity contribution is 0.628. The summed E-state index contributed by atoms with van der Waals surface area (Å²) in [5.74, 6) is 0.397. The summed E-state index contributed by atoms with van der Waals surface area (Å²) >= 11 is 0.